The zero-order chi connectivity index (χ0) is 20.6. The minimum atomic E-state index is -2.95. The van der Waals surface area contributed by atoms with Crippen molar-refractivity contribution in [1.29, 1.82) is 0 Å². The van der Waals surface area contributed by atoms with Crippen molar-refractivity contribution in [3.05, 3.63) is 53.1 Å². The third kappa shape index (κ3) is 4.08. The minimum absolute atomic E-state index is 0.0665. The van der Waals surface area contributed by atoms with Crippen LogP contribution in [-0.2, 0) is 22.9 Å². The highest BCUT2D eigenvalue weighted by molar-refractivity contribution is 7.91. The molecule has 1 fully saturated rings. The summed E-state index contributed by atoms with van der Waals surface area (Å²) in [5, 5.41) is 16.8. The van der Waals surface area contributed by atoms with E-state index < -0.39 is 9.84 Å². The number of aromatic nitrogens is 6. The van der Waals surface area contributed by atoms with Crippen LogP contribution in [0.3, 0.4) is 0 Å². The summed E-state index contributed by atoms with van der Waals surface area (Å²) in [7, 11) is -0.934. The average Bonchev–Trinajstić information content (AvgIpc) is 3.36. The Morgan fingerprint density at radius 2 is 1.93 bits per heavy atom. The van der Waals surface area contributed by atoms with Crippen LogP contribution in [0.25, 0.3) is 5.69 Å². The molecule has 0 amide bonds. The topological polar surface area (TPSA) is 98.8 Å². The van der Waals surface area contributed by atoms with Crippen LogP contribution >= 0.6 is 0 Å². The van der Waals surface area contributed by atoms with Crippen LogP contribution in [0.2, 0.25) is 0 Å². The van der Waals surface area contributed by atoms with E-state index in [2.05, 4.69) is 25.5 Å². The molecule has 0 bridgehead atoms. The van der Waals surface area contributed by atoms with Gasteiger partial charge in [-0.25, -0.2) is 8.42 Å². The van der Waals surface area contributed by atoms with Crippen LogP contribution in [0.1, 0.15) is 35.2 Å². The van der Waals surface area contributed by atoms with Gasteiger partial charge in [-0.15, -0.1) is 5.10 Å². The maximum absolute atomic E-state index is 11.9. The molecule has 0 spiro atoms. The first-order valence-electron chi connectivity index (χ1n) is 9.60. The molecule has 1 unspecified atom stereocenters. The van der Waals surface area contributed by atoms with Gasteiger partial charge in [0.1, 0.15) is 0 Å². The van der Waals surface area contributed by atoms with Gasteiger partial charge < -0.3 is 0 Å². The van der Waals surface area contributed by atoms with E-state index in [1.54, 1.807) is 4.68 Å². The maximum atomic E-state index is 11.9. The molecule has 0 radical (unpaired) electrons. The Hall–Kier alpha value is -2.59. The molecule has 3 aromatic rings. The van der Waals surface area contributed by atoms with Crippen LogP contribution in [0.15, 0.2) is 30.3 Å². The molecule has 4 rings (SSSR count). The Bertz CT molecular complexity index is 1110. The van der Waals surface area contributed by atoms with Crippen molar-refractivity contribution in [3.63, 3.8) is 0 Å². The number of benzene rings is 1. The zero-order valence-electron chi connectivity index (χ0n) is 16.9. The molecule has 10 heteroatoms. The first-order chi connectivity index (χ1) is 13.8. The quantitative estimate of drug-likeness (QED) is 0.601. The van der Waals surface area contributed by atoms with E-state index in [0.717, 1.165) is 28.5 Å². The lowest BCUT2D eigenvalue weighted by atomic mass is 10.1. The highest BCUT2D eigenvalue weighted by Crippen LogP contribution is 2.27. The Morgan fingerprint density at radius 1 is 1.17 bits per heavy atom. The Labute approximate surface area is 170 Å². The van der Waals surface area contributed by atoms with Crippen LogP contribution < -0.4 is 0 Å². The number of hydrogen-bond donors (Lipinski definition) is 0. The van der Waals surface area contributed by atoms with Gasteiger partial charge in [0, 0.05) is 17.8 Å². The number of rotatable bonds is 6. The van der Waals surface area contributed by atoms with Crippen LogP contribution in [-0.4, -0.2) is 61.9 Å². The lowest BCUT2D eigenvalue weighted by Gasteiger charge is -2.17. The molecule has 29 heavy (non-hydrogen) atoms. The SMILES string of the molecule is Cc1nn(C2CCS(=O)(=O)C2)c(C)c1CN(C)Cc1nnnn1-c1ccccc1. The van der Waals surface area contributed by atoms with E-state index in [-0.39, 0.29) is 17.5 Å². The predicted molar refractivity (Wildman–Crippen MR) is 108 cm³/mol. The summed E-state index contributed by atoms with van der Waals surface area (Å²) in [6.45, 7) is 5.24. The minimum Gasteiger partial charge on any atom is -0.295 e. The average molecular weight is 416 g/mol. The summed E-state index contributed by atoms with van der Waals surface area (Å²) in [5.74, 6) is 1.17. The first-order valence-corrected chi connectivity index (χ1v) is 11.4. The highest BCUT2D eigenvalue weighted by Gasteiger charge is 2.31. The summed E-state index contributed by atoms with van der Waals surface area (Å²) >= 11 is 0. The number of aryl methyl sites for hydroxylation is 1. The number of nitrogens with zero attached hydrogens (tertiary/aromatic N) is 7. The summed E-state index contributed by atoms with van der Waals surface area (Å²) in [5.41, 5.74) is 4.00. The summed E-state index contributed by atoms with van der Waals surface area (Å²) < 4.78 is 27.3. The van der Waals surface area contributed by atoms with Crippen molar-refractivity contribution in [2.24, 2.45) is 0 Å². The zero-order valence-corrected chi connectivity index (χ0v) is 17.7. The predicted octanol–water partition coefficient (Wildman–Crippen LogP) is 1.47. The van der Waals surface area contributed by atoms with Gasteiger partial charge >= 0.3 is 0 Å². The number of sulfone groups is 1. The van der Waals surface area contributed by atoms with Crippen molar-refractivity contribution < 1.29 is 8.42 Å². The summed E-state index contributed by atoms with van der Waals surface area (Å²) in [6.07, 6.45) is 0.630. The van der Waals surface area contributed by atoms with Gasteiger partial charge in [-0.3, -0.25) is 9.58 Å². The van der Waals surface area contributed by atoms with Gasteiger partial charge in [0.15, 0.2) is 15.7 Å². The fourth-order valence-electron chi connectivity index (χ4n) is 3.89. The summed E-state index contributed by atoms with van der Waals surface area (Å²) in [4.78, 5) is 2.14. The van der Waals surface area contributed by atoms with Crippen molar-refractivity contribution >= 4 is 9.84 Å². The molecule has 1 aliphatic rings. The number of para-hydroxylation sites is 1. The second kappa shape index (κ2) is 7.68. The number of tetrazole rings is 1. The molecule has 0 saturated carbocycles. The largest absolute Gasteiger partial charge is 0.295 e. The molecule has 1 aliphatic heterocycles. The third-order valence-corrected chi connectivity index (χ3v) is 7.15. The molecular weight excluding hydrogens is 390 g/mol. The van der Waals surface area contributed by atoms with Crippen LogP contribution in [0.4, 0.5) is 0 Å². The van der Waals surface area contributed by atoms with E-state index in [0.29, 0.717) is 19.5 Å². The lowest BCUT2D eigenvalue weighted by Crippen LogP contribution is -2.21. The van der Waals surface area contributed by atoms with E-state index in [9.17, 15) is 8.42 Å². The Morgan fingerprint density at radius 3 is 2.62 bits per heavy atom. The fourth-order valence-corrected chi connectivity index (χ4v) is 5.58. The molecule has 0 N–H and O–H groups in total. The second-order valence-corrected chi connectivity index (χ2v) is 9.89. The molecule has 0 aliphatic carbocycles. The monoisotopic (exact) mass is 415 g/mol. The molecule has 2 aromatic heterocycles. The van der Waals surface area contributed by atoms with Crippen LogP contribution in [0, 0.1) is 13.8 Å². The van der Waals surface area contributed by atoms with Gasteiger partial charge in [-0.2, -0.15) is 9.78 Å². The van der Waals surface area contributed by atoms with Gasteiger partial charge in [0.2, 0.25) is 0 Å². The normalized spacial score (nSPS) is 18.6. The number of hydrogen-bond acceptors (Lipinski definition) is 7. The second-order valence-electron chi connectivity index (χ2n) is 7.67. The van der Waals surface area contributed by atoms with E-state index >= 15 is 0 Å². The molecule has 1 aromatic carbocycles. The van der Waals surface area contributed by atoms with E-state index in [1.807, 2.05) is 55.9 Å². The maximum Gasteiger partial charge on any atom is 0.170 e. The first kappa shape index (κ1) is 19.7. The van der Waals surface area contributed by atoms with Gasteiger partial charge in [-0.1, -0.05) is 18.2 Å². The Balaban J connectivity index is 1.50. The van der Waals surface area contributed by atoms with Gasteiger partial charge in [0.25, 0.3) is 0 Å². The highest BCUT2D eigenvalue weighted by atomic mass is 32.2. The molecule has 1 saturated heterocycles. The Kier molecular flexibility index (Phi) is 5.22. The van der Waals surface area contributed by atoms with Crippen molar-refractivity contribution in [1.82, 2.24) is 34.9 Å². The van der Waals surface area contributed by atoms with Crippen molar-refractivity contribution in [2.45, 2.75) is 39.4 Å². The molecule has 3 heterocycles. The van der Waals surface area contributed by atoms with Gasteiger partial charge in [0.05, 0.1) is 35.5 Å². The standard InChI is InChI=1S/C19H25N7O2S/c1-14-18(15(2)25(21-14)17-9-10-29(27,28)13-17)11-24(3)12-19-20-22-23-26(19)16-7-5-4-6-8-16/h4-8,17H,9-13H2,1-3H3. The van der Waals surface area contributed by atoms with E-state index in [1.165, 1.54) is 0 Å². The molecular formula is C19H25N7O2S. The lowest BCUT2D eigenvalue weighted by molar-refractivity contribution is 0.306. The van der Waals surface area contributed by atoms with Crippen LogP contribution in [0.5, 0.6) is 0 Å². The smallest absolute Gasteiger partial charge is 0.170 e. The van der Waals surface area contributed by atoms with Crippen molar-refractivity contribution in [2.75, 3.05) is 18.6 Å². The molecule has 154 valence electrons. The fraction of sp³-hybridized carbons (Fsp3) is 0.474. The van der Waals surface area contributed by atoms with Crippen molar-refractivity contribution in [3.8, 4) is 5.69 Å². The third-order valence-electron chi connectivity index (χ3n) is 5.40. The van der Waals surface area contributed by atoms with E-state index in [4.69, 9.17) is 0 Å². The molecule has 9 nitrogen and oxygen atoms in total. The summed E-state index contributed by atoms with van der Waals surface area (Å²) in [6, 6.07) is 9.73. The molecule has 1 atom stereocenters. The van der Waals surface area contributed by atoms with Gasteiger partial charge in [-0.05, 0) is 49.9 Å².